The Labute approximate surface area is 128 Å². The van der Waals surface area contributed by atoms with E-state index in [0.29, 0.717) is 29.4 Å². The Bertz CT molecular complexity index is 551. The van der Waals surface area contributed by atoms with E-state index >= 15 is 0 Å². The molecule has 0 spiro atoms. The van der Waals surface area contributed by atoms with E-state index in [1.54, 1.807) is 0 Å². The van der Waals surface area contributed by atoms with Crippen molar-refractivity contribution in [1.29, 1.82) is 0 Å². The normalized spacial score (nSPS) is 22.8. The van der Waals surface area contributed by atoms with Crippen LogP contribution in [0.5, 0.6) is 0 Å². The third-order valence-corrected chi connectivity index (χ3v) is 6.21. The first-order valence-corrected chi connectivity index (χ1v) is 9.60. The molecule has 1 aliphatic heterocycles. The third kappa shape index (κ3) is 4.81. The molecule has 2 atom stereocenters. The number of aromatic nitrogens is 2. The molecule has 2 unspecified atom stereocenters. The Morgan fingerprint density at radius 2 is 2.24 bits per heavy atom. The summed E-state index contributed by atoms with van der Waals surface area (Å²) >= 11 is 0. The smallest absolute Gasteiger partial charge is 0.150 e. The van der Waals surface area contributed by atoms with Gasteiger partial charge in [-0.2, -0.15) is 5.10 Å². The Kier molecular flexibility index (Phi) is 5.43. The number of nitrogens with zero attached hydrogens (tertiary/aromatic N) is 2. The van der Waals surface area contributed by atoms with Crippen LogP contribution in [0.4, 0.5) is 0 Å². The molecular weight excluding hydrogens is 286 g/mol. The van der Waals surface area contributed by atoms with Gasteiger partial charge in [0.05, 0.1) is 11.5 Å². The van der Waals surface area contributed by atoms with Gasteiger partial charge in [-0.3, -0.25) is 4.68 Å². The van der Waals surface area contributed by atoms with Gasteiger partial charge in [0, 0.05) is 25.0 Å². The van der Waals surface area contributed by atoms with Crippen LogP contribution in [0.3, 0.4) is 0 Å². The Balaban J connectivity index is 1.97. The van der Waals surface area contributed by atoms with Crippen molar-refractivity contribution in [1.82, 2.24) is 15.1 Å². The molecule has 0 aliphatic carbocycles. The second-order valence-corrected chi connectivity index (χ2v) is 8.70. The van der Waals surface area contributed by atoms with Gasteiger partial charge < -0.3 is 5.32 Å². The van der Waals surface area contributed by atoms with Crippen LogP contribution in [0.25, 0.3) is 0 Å². The SMILES string of the molecule is CC(C)NCC(CCc1ccnn1C)C1CCS(=O)(=O)C1. The first-order chi connectivity index (χ1) is 9.87. The highest BCUT2D eigenvalue weighted by Gasteiger charge is 2.33. The molecule has 1 aromatic rings. The van der Waals surface area contributed by atoms with E-state index in [2.05, 4.69) is 24.3 Å². The van der Waals surface area contributed by atoms with Crippen molar-refractivity contribution in [3.05, 3.63) is 18.0 Å². The number of hydrogen-bond donors (Lipinski definition) is 1. The van der Waals surface area contributed by atoms with Gasteiger partial charge in [-0.15, -0.1) is 0 Å². The fourth-order valence-corrected chi connectivity index (χ4v) is 4.99. The molecule has 0 saturated carbocycles. The van der Waals surface area contributed by atoms with Crippen molar-refractivity contribution >= 4 is 9.84 Å². The zero-order chi connectivity index (χ0) is 15.5. The average Bonchev–Trinajstić information content (AvgIpc) is 2.95. The maximum Gasteiger partial charge on any atom is 0.150 e. The molecule has 1 N–H and O–H groups in total. The highest BCUT2D eigenvalue weighted by atomic mass is 32.2. The lowest BCUT2D eigenvalue weighted by Gasteiger charge is -2.24. The van der Waals surface area contributed by atoms with Crippen molar-refractivity contribution < 1.29 is 8.42 Å². The fraction of sp³-hybridized carbons (Fsp3) is 0.800. The highest BCUT2D eigenvalue weighted by molar-refractivity contribution is 7.91. The number of nitrogens with one attached hydrogen (secondary N) is 1. The molecule has 0 aromatic carbocycles. The summed E-state index contributed by atoms with van der Waals surface area (Å²) in [6.45, 7) is 5.16. The number of rotatable bonds is 7. The van der Waals surface area contributed by atoms with Gasteiger partial charge in [0.2, 0.25) is 0 Å². The molecule has 1 aliphatic rings. The Morgan fingerprint density at radius 1 is 1.48 bits per heavy atom. The van der Waals surface area contributed by atoms with Crippen LogP contribution >= 0.6 is 0 Å². The molecular formula is C15H27N3O2S. The van der Waals surface area contributed by atoms with Gasteiger partial charge in [-0.1, -0.05) is 13.8 Å². The number of aryl methyl sites for hydroxylation is 2. The van der Waals surface area contributed by atoms with Gasteiger partial charge in [0.15, 0.2) is 9.84 Å². The Hall–Kier alpha value is -0.880. The van der Waals surface area contributed by atoms with Gasteiger partial charge in [0.25, 0.3) is 0 Å². The Morgan fingerprint density at radius 3 is 2.76 bits per heavy atom. The van der Waals surface area contributed by atoms with Crippen molar-refractivity contribution in [2.75, 3.05) is 18.1 Å². The molecule has 0 radical (unpaired) electrons. The summed E-state index contributed by atoms with van der Waals surface area (Å²) in [6, 6.07) is 2.47. The van der Waals surface area contributed by atoms with Crippen LogP contribution in [0.1, 0.15) is 32.4 Å². The van der Waals surface area contributed by atoms with Crippen LogP contribution in [0.15, 0.2) is 12.3 Å². The maximum absolute atomic E-state index is 11.7. The van der Waals surface area contributed by atoms with Crippen LogP contribution in [0.2, 0.25) is 0 Å². The molecule has 2 rings (SSSR count). The second-order valence-electron chi connectivity index (χ2n) is 6.47. The lowest BCUT2D eigenvalue weighted by atomic mass is 9.87. The lowest BCUT2D eigenvalue weighted by Crippen LogP contribution is -2.33. The summed E-state index contributed by atoms with van der Waals surface area (Å²) in [6.07, 6.45) is 4.60. The van der Waals surface area contributed by atoms with E-state index in [1.165, 1.54) is 5.69 Å². The van der Waals surface area contributed by atoms with Crippen molar-refractivity contribution in [2.45, 2.75) is 39.2 Å². The van der Waals surface area contributed by atoms with E-state index < -0.39 is 9.84 Å². The largest absolute Gasteiger partial charge is 0.314 e. The van der Waals surface area contributed by atoms with Crippen molar-refractivity contribution in [2.24, 2.45) is 18.9 Å². The molecule has 0 amide bonds. The summed E-state index contributed by atoms with van der Waals surface area (Å²) in [5.41, 5.74) is 1.21. The van der Waals surface area contributed by atoms with Gasteiger partial charge in [-0.05, 0) is 43.7 Å². The van der Waals surface area contributed by atoms with E-state index in [1.807, 2.05) is 24.0 Å². The summed E-state index contributed by atoms with van der Waals surface area (Å²) in [4.78, 5) is 0. The highest BCUT2D eigenvalue weighted by Crippen LogP contribution is 2.29. The molecule has 1 aromatic heterocycles. The topological polar surface area (TPSA) is 64.0 Å². The average molecular weight is 313 g/mol. The molecule has 0 bridgehead atoms. The van der Waals surface area contributed by atoms with E-state index in [-0.39, 0.29) is 0 Å². The van der Waals surface area contributed by atoms with Crippen molar-refractivity contribution in [3.8, 4) is 0 Å². The zero-order valence-electron chi connectivity index (χ0n) is 13.2. The zero-order valence-corrected chi connectivity index (χ0v) is 14.1. The minimum atomic E-state index is -2.80. The summed E-state index contributed by atoms with van der Waals surface area (Å²) < 4.78 is 25.4. The standard InChI is InChI=1S/C15H27N3O2S/c1-12(2)16-10-13(14-7-9-21(19,20)11-14)4-5-15-6-8-17-18(15)3/h6,8,12-14,16H,4-5,7,9-11H2,1-3H3. The van der Waals surface area contributed by atoms with Crippen LogP contribution < -0.4 is 5.32 Å². The fourth-order valence-electron chi connectivity index (χ4n) is 3.07. The summed E-state index contributed by atoms with van der Waals surface area (Å²) in [5, 5.41) is 7.67. The molecule has 1 fully saturated rings. The second kappa shape index (κ2) is 6.92. The van der Waals surface area contributed by atoms with E-state index in [4.69, 9.17) is 0 Å². The quantitative estimate of drug-likeness (QED) is 0.826. The number of hydrogen-bond acceptors (Lipinski definition) is 4. The summed E-state index contributed by atoms with van der Waals surface area (Å²) in [5.74, 6) is 1.44. The van der Waals surface area contributed by atoms with Crippen LogP contribution in [-0.4, -0.2) is 42.3 Å². The molecule has 6 heteroatoms. The van der Waals surface area contributed by atoms with Crippen LogP contribution in [0, 0.1) is 11.8 Å². The summed E-state index contributed by atoms with van der Waals surface area (Å²) in [7, 11) is -0.850. The van der Waals surface area contributed by atoms with Gasteiger partial charge >= 0.3 is 0 Å². The predicted octanol–water partition coefficient (Wildman–Crippen LogP) is 1.40. The molecule has 1 saturated heterocycles. The molecule has 2 heterocycles. The van der Waals surface area contributed by atoms with E-state index in [9.17, 15) is 8.42 Å². The molecule has 21 heavy (non-hydrogen) atoms. The molecule has 5 nitrogen and oxygen atoms in total. The van der Waals surface area contributed by atoms with E-state index in [0.717, 1.165) is 25.8 Å². The van der Waals surface area contributed by atoms with Gasteiger partial charge in [0.1, 0.15) is 0 Å². The number of sulfone groups is 1. The minimum absolute atomic E-state index is 0.300. The first kappa shape index (κ1) is 16.5. The van der Waals surface area contributed by atoms with Gasteiger partial charge in [-0.25, -0.2) is 8.42 Å². The third-order valence-electron chi connectivity index (χ3n) is 4.42. The first-order valence-electron chi connectivity index (χ1n) is 7.78. The lowest BCUT2D eigenvalue weighted by molar-refractivity contribution is 0.315. The monoisotopic (exact) mass is 313 g/mol. The molecule has 120 valence electrons. The maximum atomic E-state index is 11.7. The van der Waals surface area contributed by atoms with Crippen molar-refractivity contribution in [3.63, 3.8) is 0 Å². The predicted molar refractivity (Wildman–Crippen MR) is 84.9 cm³/mol. The minimum Gasteiger partial charge on any atom is -0.314 e. The van der Waals surface area contributed by atoms with Crippen LogP contribution in [-0.2, 0) is 23.3 Å².